The predicted molar refractivity (Wildman–Crippen MR) is 81.4 cm³/mol. The zero-order valence-corrected chi connectivity index (χ0v) is 12.2. The van der Waals surface area contributed by atoms with E-state index in [-0.39, 0.29) is 5.54 Å². The lowest BCUT2D eigenvalue weighted by Crippen LogP contribution is -2.39. The molecule has 0 radical (unpaired) electrons. The van der Waals surface area contributed by atoms with Crippen LogP contribution in [0.15, 0.2) is 35.4 Å². The molecule has 2 nitrogen and oxygen atoms in total. The van der Waals surface area contributed by atoms with E-state index in [4.69, 9.17) is 0 Å². The van der Waals surface area contributed by atoms with Crippen LogP contribution in [0.3, 0.4) is 0 Å². The normalized spacial score (nSPS) is 12.2. The average molecular weight is 262 g/mol. The number of aromatic nitrogens is 1. The van der Waals surface area contributed by atoms with Crippen LogP contribution < -0.4 is 5.32 Å². The Kier molecular flexibility index (Phi) is 4.36. The van der Waals surface area contributed by atoms with Gasteiger partial charge in [-0.1, -0.05) is 25.1 Å². The number of thioether (sulfide) groups is 1. The molecule has 0 saturated carbocycles. The Labute approximate surface area is 114 Å². The number of rotatable bonds is 6. The van der Waals surface area contributed by atoms with E-state index in [1.54, 1.807) is 0 Å². The summed E-state index contributed by atoms with van der Waals surface area (Å²) in [5, 5.41) is 6.13. The minimum absolute atomic E-state index is 0.251. The van der Waals surface area contributed by atoms with Crippen molar-refractivity contribution in [3.8, 4) is 0 Å². The Morgan fingerprint density at radius 1 is 1.28 bits per heavy atom. The molecule has 1 heterocycles. The largest absolute Gasteiger partial charge is 0.350 e. The Hall–Kier alpha value is -0.930. The van der Waals surface area contributed by atoms with Crippen molar-refractivity contribution in [2.24, 2.45) is 0 Å². The first-order chi connectivity index (χ1) is 8.61. The van der Waals surface area contributed by atoms with E-state index >= 15 is 0 Å². The number of benzene rings is 1. The monoisotopic (exact) mass is 262 g/mol. The third kappa shape index (κ3) is 3.53. The summed E-state index contributed by atoms with van der Waals surface area (Å²) >= 11 is 1.88. The Morgan fingerprint density at radius 2 is 2.06 bits per heavy atom. The fourth-order valence-electron chi connectivity index (χ4n) is 1.80. The zero-order chi connectivity index (χ0) is 13.0. The molecular formula is C15H22N2S. The van der Waals surface area contributed by atoms with Gasteiger partial charge >= 0.3 is 0 Å². The summed E-state index contributed by atoms with van der Waals surface area (Å²) in [6.45, 7) is 7.76. The Balaban J connectivity index is 1.83. The fraction of sp³-hybridized carbons (Fsp3) is 0.467. The van der Waals surface area contributed by atoms with Crippen molar-refractivity contribution < 1.29 is 0 Å². The van der Waals surface area contributed by atoms with Crippen molar-refractivity contribution in [3.63, 3.8) is 0 Å². The van der Waals surface area contributed by atoms with Gasteiger partial charge in [0, 0.05) is 28.7 Å². The van der Waals surface area contributed by atoms with Crippen LogP contribution >= 0.6 is 11.8 Å². The van der Waals surface area contributed by atoms with Gasteiger partial charge in [0.1, 0.15) is 0 Å². The van der Waals surface area contributed by atoms with Gasteiger partial charge in [-0.2, -0.15) is 0 Å². The van der Waals surface area contributed by atoms with Gasteiger partial charge in [-0.15, -0.1) is 11.8 Å². The lowest BCUT2D eigenvalue weighted by atomic mass is 10.0. The molecule has 0 spiro atoms. The van der Waals surface area contributed by atoms with Crippen molar-refractivity contribution >= 4 is 22.7 Å². The number of hydrogen-bond acceptors (Lipinski definition) is 2. The van der Waals surface area contributed by atoms with Gasteiger partial charge in [-0.3, -0.25) is 0 Å². The highest BCUT2D eigenvalue weighted by atomic mass is 32.2. The van der Waals surface area contributed by atoms with E-state index in [1.165, 1.54) is 15.9 Å². The second-order valence-corrected chi connectivity index (χ2v) is 6.37. The minimum Gasteiger partial charge on any atom is -0.350 e. The molecule has 0 saturated heterocycles. The van der Waals surface area contributed by atoms with E-state index in [0.29, 0.717) is 0 Å². The molecule has 1 aromatic heterocycles. The zero-order valence-electron chi connectivity index (χ0n) is 11.4. The van der Waals surface area contributed by atoms with Crippen LogP contribution in [-0.2, 0) is 0 Å². The van der Waals surface area contributed by atoms with Crippen LogP contribution in [0.25, 0.3) is 10.9 Å². The van der Waals surface area contributed by atoms with Gasteiger partial charge in [0.2, 0.25) is 0 Å². The predicted octanol–water partition coefficient (Wildman–Crippen LogP) is 4.04. The van der Waals surface area contributed by atoms with E-state index in [0.717, 1.165) is 18.7 Å². The van der Waals surface area contributed by atoms with Gasteiger partial charge in [0.25, 0.3) is 0 Å². The van der Waals surface area contributed by atoms with Crippen molar-refractivity contribution in [1.82, 2.24) is 10.3 Å². The topological polar surface area (TPSA) is 27.8 Å². The number of nitrogens with one attached hydrogen (secondary N) is 2. The number of fused-ring (bicyclic) bond motifs is 1. The van der Waals surface area contributed by atoms with Crippen LogP contribution in [0.1, 0.15) is 27.2 Å². The van der Waals surface area contributed by atoms with Crippen molar-refractivity contribution in [2.45, 2.75) is 37.8 Å². The van der Waals surface area contributed by atoms with Gasteiger partial charge in [0.05, 0.1) is 5.03 Å². The average Bonchev–Trinajstić information content (AvgIpc) is 2.77. The molecule has 2 N–H and O–H groups in total. The van der Waals surface area contributed by atoms with Crippen LogP contribution in [0, 0.1) is 0 Å². The van der Waals surface area contributed by atoms with Crippen LogP contribution in [0.2, 0.25) is 0 Å². The number of H-pyrrole nitrogens is 1. The van der Waals surface area contributed by atoms with Crippen LogP contribution in [0.4, 0.5) is 0 Å². The molecule has 0 unspecified atom stereocenters. The van der Waals surface area contributed by atoms with Gasteiger partial charge in [-0.25, -0.2) is 0 Å². The maximum absolute atomic E-state index is 3.58. The summed E-state index contributed by atoms with van der Waals surface area (Å²) in [7, 11) is 0. The molecule has 0 aliphatic carbocycles. The van der Waals surface area contributed by atoms with Crippen LogP contribution in [0.5, 0.6) is 0 Å². The Morgan fingerprint density at radius 3 is 2.78 bits per heavy atom. The molecule has 2 rings (SSSR count). The standard InChI is InChI=1S/C15H22N2S/c1-4-15(2,3)16-9-10-18-14-11-12-7-5-6-8-13(12)17-14/h5-8,11,16-17H,4,9-10H2,1-3H3. The molecule has 0 atom stereocenters. The van der Waals surface area contributed by atoms with Crippen molar-refractivity contribution in [2.75, 3.05) is 12.3 Å². The Bertz CT molecular complexity index is 469. The van der Waals surface area contributed by atoms with E-state index in [1.807, 2.05) is 11.8 Å². The maximum Gasteiger partial charge on any atom is 0.0732 e. The van der Waals surface area contributed by atoms with Gasteiger partial charge in [-0.05, 0) is 32.4 Å². The first-order valence-corrected chi connectivity index (χ1v) is 7.55. The van der Waals surface area contributed by atoms with Crippen molar-refractivity contribution in [3.05, 3.63) is 30.3 Å². The highest BCUT2D eigenvalue weighted by molar-refractivity contribution is 7.99. The summed E-state index contributed by atoms with van der Waals surface area (Å²) < 4.78 is 0. The summed E-state index contributed by atoms with van der Waals surface area (Å²) in [6, 6.07) is 10.6. The van der Waals surface area contributed by atoms with Crippen molar-refractivity contribution in [1.29, 1.82) is 0 Å². The van der Waals surface area contributed by atoms with Gasteiger partial charge in [0.15, 0.2) is 0 Å². The van der Waals surface area contributed by atoms with E-state index in [2.05, 4.69) is 61.4 Å². The lowest BCUT2D eigenvalue weighted by molar-refractivity contribution is 0.388. The van der Waals surface area contributed by atoms with Gasteiger partial charge < -0.3 is 10.3 Å². The summed E-state index contributed by atoms with van der Waals surface area (Å²) in [5.41, 5.74) is 1.47. The number of para-hydroxylation sites is 1. The third-order valence-corrected chi connectivity index (χ3v) is 4.29. The molecule has 3 heteroatoms. The quantitative estimate of drug-likeness (QED) is 0.607. The molecule has 0 aliphatic rings. The molecule has 2 aromatic rings. The molecule has 0 aliphatic heterocycles. The second kappa shape index (κ2) is 5.81. The highest BCUT2D eigenvalue weighted by Crippen LogP contribution is 2.22. The number of hydrogen-bond donors (Lipinski definition) is 2. The minimum atomic E-state index is 0.251. The third-order valence-electron chi connectivity index (χ3n) is 3.35. The van der Waals surface area contributed by atoms with E-state index in [9.17, 15) is 0 Å². The SMILES string of the molecule is CCC(C)(C)NCCSc1cc2ccccc2[nH]1. The number of aromatic amines is 1. The molecule has 18 heavy (non-hydrogen) atoms. The molecule has 0 amide bonds. The molecule has 0 fully saturated rings. The highest BCUT2D eigenvalue weighted by Gasteiger charge is 2.12. The molecule has 0 bridgehead atoms. The fourth-order valence-corrected chi connectivity index (χ4v) is 2.62. The molecule has 98 valence electrons. The molecule has 1 aromatic carbocycles. The lowest BCUT2D eigenvalue weighted by Gasteiger charge is -2.24. The molecular weight excluding hydrogens is 240 g/mol. The van der Waals surface area contributed by atoms with E-state index < -0.39 is 0 Å². The summed E-state index contributed by atoms with van der Waals surface area (Å²) in [4.78, 5) is 3.44. The first kappa shape index (κ1) is 13.5. The summed E-state index contributed by atoms with van der Waals surface area (Å²) in [5.74, 6) is 1.09. The van der Waals surface area contributed by atoms with Crippen LogP contribution in [-0.4, -0.2) is 22.8 Å². The first-order valence-electron chi connectivity index (χ1n) is 6.56. The maximum atomic E-state index is 3.58. The second-order valence-electron chi connectivity index (χ2n) is 5.23. The summed E-state index contributed by atoms with van der Waals surface area (Å²) in [6.07, 6.45) is 1.16. The smallest absolute Gasteiger partial charge is 0.0732 e.